The molecule has 4 aromatic rings. The van der Waals surface area contributed by atoms with Gasteiger partial charge in [0, 0.05) is 18.3 Å². The molecule has 3 N–H and O–H groups in total. The maximum atomic E-state index is 12.4. The first kappa shape index (κ1) is 18.9. The lowest BCUT2D eigenvalue weighted by Crippen LogP contribution is -2.26. The minimum Gasteiger partial charge on any atom is -0.457 e. The van der Waals surface area contributed by atoms with Gasteiger partial charge in [0.05, 0.1) is 11.7 Å². The Kier molecular flexibility index (Phi) is 4.84. The number of nitrogens with one attached hydrogen (secondary N) is 1. The highest BCUT2D eigenvalue weighted by molar-refractivity contribution is 6.03. The molecule has 0 fully saturated rings. The summed E-state index contributed by atoms with van der Waals surface area (Å²) in [4.78, 5) is 16.9. The predicted octanol–water partition coefficient (Wildman–Crippen LogP) is 4.24. The number of pyridine rings is 1. The maximum absolute atomic E-state index is 12.4. The van der Waals surface area contributed by atoms with Crippen LogP contribution in [0.25, 0.3) is 11.3 Å². The fourth-order valence-corrected chi connectivity index (χ4v) is 3.87. The van der Waals surface area contributed by atoms with Crippen molar-refractivity contribution in [2.45, 2.75) is 12.5 Å². The first-order valence-electron chi connectivity index (χ1n) is 10.1. The zero-order valence-electron chi connectivity index (χ0n) is 16.7. The number of amides is 1. The predicted molar refractivity (Wildman–Crippen MR) is 118 cm³/mol. The van der Waals surface area contributed by atoms with E-state index in [-0.39, 0.29) is 6.04 Å². The van der Waals surface area contributed by atoms with Crippen LogP contribution in [-0.4, -0.2) is 27.2 Å². The summed E-state index contributed by atoms with van der Waals surface area (Å²) in [6.07, 6.45) is 2.58. The molecule has 1 aliphatic heterocycles. The van der Waals surface area contributed by atoms with Crippen LogP contribution in [0.1, 0.15) is 28.5 Å². The summed E-state index contributed by atoms with van der Waals surface area (Å²) in [5.74, 6) is 1.57. The molecule has 7 heteroatoms. The Labute approximate surface area is 179 Å². The van der Waals surface area contributed by atoms with Gasteiger partial charge >= 0.3 is 0 Å². The average Bonchev–Trinajstić information content (AvgIpc) is 3.21. The molecule has 7 nitrogen and oxygen atoms in total. The van der Waals surface area contributed by atoms with Crippen LogP contribution in [0.5, 0.6) is 11.5 Å². The van der Waals surface area contributed by atoms with Crippen LogP contribution in [0.3, 0.4) is 0 Å². The molecule has 3 heterocycles. The van der Waals surface area contributed by atoms with Crippen molar-refractivity contribution in [3.8, 4) is 22.8 Å². The quantitative estimate of drug-likeness (QED) is 0.512. The number of benzene rings is 2. The number of anilines is 1. The van der Waals surface area contributed by atoms with Gasteiger partial charge < -0.3 is 15.8 Å². The SMILES string of the molecule is NC(=O)c1c(-c2ccc(Oc3ccccc3)cc2)nn2c1NCCC2c1ccccn1. The first-order valence-corrected chi connectivity index (χ1v) is 10.1. The van der Waals surface area contributed by atoms with Crippen molar-refractivity contribution in [3.05, 3.63) is 90.3 Å². The molecule has 0 spiro atoms. The van der Waals surface area contributed by atoms with E-state index in [1.807, 2.05) is 77.5 Å². The molecular formula is C24H21N5O2. The van der Waals surface area contributed by atoms with Crippen LogP contribution < -0.4 is 15.8 Å². The van der Waals surface area contributed by atoms with Gasteiger partial charge in [0.2, 0.25) is 0 Å². The van der Waals surface area contributed by atoms with Gasteiger partial charge in [-0.05, 0) is 55.0 Å². The lowest BCUT2D eigenvalue weighted by atomic mass is 10.0. The van der Waals surface area contributed by atoms with Crippen molar-refractivity contribution in [3.63, 3.8) is 0 Å². The highest BCUT2D eigenvalue weighted by Crippen LogP contribution is 2.36. The van der Waals surface area contributed by atoms with Crippen molar-refractivity contribution in [2.75, 3.05) is 11.9 Å². The molecule has 154 valence electrons. The van der Waals surface area contributed by atoms with Crippen molar-refractivity contribution in [1.29, 1.82) is 0 Å². The fraction of sp³-hybridized carbons (Fsp3) is 0.125. The van der Waals surface area contributed by atoms with E-state index in [1.54, 1.807) is 6.20 Å². The summed E-state index contributed by atoms with van der Waals surface area (Å²) in [6, 6.07) is 22.8. The number of carbonyl (C=O) groups excluding carboxylic acids is 1. The van der Waals surface area contributed by atoms with E-state index in [1.165, 1.54) is 0 Å². The highest BCUT2D eigenvalue weighted by atomic mass is 16.5. The number of aromatic nitrogens is 3. The van der Waals surface area contributed by atoms with Crippen LogP contribution in [0, 0.1) is 0 Å². The Hall–Kier alpha value is -4.13. The highest BCUT2D eigenvalue weighted by Gasteiger charge is 2.30. The van der Waals surface area contributed by atoms with Crippen molar-refractivity contribution in [2.24, 2.45) is 5.73 Å². The molecule has 31 heavy (non-hydrogen) atoms. The van der Waals surface area contributed by atoms with Crippen LogP contribution in [-0.2, 0) is 0 Å². The minimum atomic E-state index is -0.518. The maximum Gasteiger partial charge on any atom is 0.254 e. The monoisotopic (exact) mass is 411 g/mol. The smallest absolute Gasteiger partial charge is 0.254 e. The number of nitrogens with two attached hydrogens (primary N) is 1. The second kappa shape index (κ2) is 7.95. The van der Waals surface area contributed by atoms with Gasteiger partial charge in [-0.1, -0.05) is 24.3 Å². The third-order valence-electron chi connectivity index (χ3n) is 5.30. The average molecular weight is 411 g/mol. The molecular weight excluding hydrogens is 390 g/mol. The number of hydrogen-bond acceptors (Lipinski definition) is 5. The number of primary amides is 1. The summed E-state index contributed by atoms with van der Waals surface area (Å²) in [6.45, 7) is 0.705. The number of ether oxygens (including phenoxy) is 1. The summed E-state index contributed by atoms with van der Waals surface area (Å²) in [5, 5.41) is 8.08. The van der Waals surface area contributed by atoms with Crippen molar-refractivity contribution in [1.82, 2.24) is 14.8 Å². The van der Waals surface area contributed by atoms with Gasteiger partial charge in [0.15, 0.2) is 0 Å². The van der Waals surface area contributed by atoms with Gasteiger partial charge in [-0.15, -0.1) is 0 Å². The van der Waals surface area contributed by atoms with Gasteiger partial charge in [-0.2, -0.15) is 5.10 Å². The summed E-state index contributed by atoms with van der Waals surface area (Å²) in [5.41, 5.74) is 8.39. The standard InChI is InChI=1S/C24H21N5O2/c25-23(30)21-22(16-9-11-18(12-10-16)31-17-6-2-1-3-7-17)28-29-20(13-15-27-24(21)29)19-8-4-5-14-26-19/h1-12,14,20,27H,13,15H2,(H2,25,30). The van der Waals surface area contributed by atoms with E-state index in [0.29, 0.717) is 29.4 Å². The van der Waals surface area contributed by atoms with Gasteiger partial charge in [0.1, 0.15) is 28.6 Å². The Bertz CT molecular complexity index is 1200. The largest absolute Gasteiger partial charge is 0.457 e. The molecule has 0 saturated heterocycles. The normalized spacial score (nSPS) is 15.0. The molecule has 0 aliphatic carbocycles. The second-order valence-corrected chi connectivity index (χ2v) is 7.31. The second-order valence-electron chi connectivity index (χ2n) is 7.31. The van der Waals surface area contributed by atoms with Crippen LogP contribution >= 0.6 is 0 Å². The summed E-state index contributed by atoms with van der Waals surface area (Å²) in [7, 11) is 0. The summed E-state index contributed by atoms with van der Waals surface area (Å²) >= 11 is 0. The van der Waals surface area contributed by atoms with Crippen LogP contribution in [0.4, 0.5) is 5.82 Å². The number of carbonyl (C=O) groups is 1. The molecule has 0 radical (unpaired) electrons. The minimum absolute atomic E-state index is 0.0648. The Morgan fingerprint density at radius 1 is 1.00 bits per heavy atom. The zero-order chi connectivity index (χ0) is 21.2. The molecule has 1 atom stereocenters. The van der Waals surface area contributed by atoms with E-state index in [4.69, 9.17) is 15.6 Å². The van der Waals surface area contributed by atoms with Crippen LogP contribution in [0.2, 0.25) is 0 Å². The Morgan fingerprint density at radius 2 is 1.74 bits per heavy atom. The lowest BCUT2D eigenvalue weighted by molar-refractivity contribution is 0.100. The molecule has 1 unspecified atom stereocenters. The molecule has 2 aromatic carbocycles. The molecule has 1 aliphatic rings. The topological polar surface area (TPSA) is 95.1 Å². The number of para-hydroxylation sites is 1. The van der Waals surface area contributed by atoms with Gasteiger partial charge in [-0.25, -0.2) is 4.68 Å². The van der Waals surface area contributed by atoms with E-state index in [9.17, 15) is 4.79 Å². The number of nitrogens with zero attached hydrogens (tertiary/aromatic N) is 3. The molecule has 5 rings (SSSR count). The van der Waals surface area contributed by atoms with Gasteiger partial charge in [-0.3, -0.25) is 9.78 Å². The molecule has 1 amide bonds. The van der Waals surface area contributed by atoms with Gasteiger partial charge in [0.25, 0.3) is 5.91 Å². The Balaban J connectivity index is 1.52. The van der Waals surface area contributed by atoms with Crippen molar-refractivity contribution < 1.29 is 9.53 Å². The van der Waals surface area contributed by atoms with E-state index < -0.39 is 5.91 Å². The molecule has 0 saturated carbocycles. The lowest BCUT2D eigenvalue weighted by Gasteiger charge is -2.25. The summed E-state index contributed by atoms with van der Waals surface area (Å²) < 4.78 is 7.69. The Morgan fingerprint density at radius 3 is 2.45 bits per heavy atom. The molecule has 0 bridgehead atoms. The first-order chi connectivity index (χ1) is 15.2. The van der Waals surface area contributed by atoms with E-state index >= 15 is 0 Å². The van der Waals surface area contributed by atoms with Crippen molar-refractivity contribution >= 4 is 11.7 Å². The zero-order valence-corrected chi connectivity index (χ0v) is 16.7. The third-order valence-corrected chi connectivity index (χ3v) is 5.30. The number of hydrogen-bond donors (Lipinski definition) is 2. The van der Waals surface area contributed by atoms with E-state index in [0.717, 1.165) is 23.4 Å². The van der Waals surface area contributed by atoms with E-state index in [2.05, 4.69) is 10.3 Å². The fourth-order valence-electron chi connectivity index (χ4n) is 3.87. The third kappa shape index (κ3) is 3.61. The van der Waals surface area contributed by atoms with Crippen LogP contribution in [0.15, 0.2) is 79.0 Å². The number of rotatable bonds is 5. The molecule has 2 aromatic heterocycles. The number of fused-ring (bicyclic) bond motifs is 1.